The van der Waals surface area contributed by atoms with Crippen molar-refractivity contribution in [3.63, 3.8) is 0 Å². The van der Waals surface area contributed by atoms with Gasteiger partial charge in [-0.1, -0.05) is 0 Å². The molecule has 0 aromatic carbocycles. The number of amides is 1. The largest absolute Gasteiger partial charge is 0.398 e. The highest BCUT2D eigenvalue weighted by Gasteiger charge is 2.04. The topological polar surface area (TPSA) is 81.1 Å². The van der Waals surface area contributed by atoms with Crippen molar-refractivity contribution < 1.29 is 4.79 Å². The Labute approximate surface area is 61.8 Å². The third-order valence-corrected chi connectivity index (χ3v) is 1.92. The van der Waals surface area contributed by atoms with Crippen LogP contribution < -0.4 is 17.0 Å². The zero-order valence-corrected chi connectivity index (χ0v) is 5.94. The van der Waals surface area contributed by atoms with Crippen LogP contribution in [-0.2, 0) is 0 Å². The molecular weight excluding hydrogens is 150 g/mol. The molecule has 0 saturated carbocycles. The number of thiophene rings is 1. The molecule has 0 unspecified atom stereocenters. The number of hydrogen-bond donors (Lipinski definition) is 3. The van der Waals surface area contributed by atoms with Crippen molar-refractivity contribution in [2.45, 2.75) is 0 Å². The fourth-order valence-electron chi connectivity index (χ4n) is 0.541. The van der Waals surface area contributed by atoms with Gasteiger partial charge < -0.3 is 5.73 Å². The lowest BCUT2D eigenvalue weighted by atomic mass is 10.4. The van der Waals surface area contributed by atoms with E-state index in [9.17, 15) is 4.79 Å². The maximum absolute atomic E-state index is 10.7. The minimum absolute atomic E-state index is 0.304. The van der Waals surface area contributed by atoms with Crippen LogP contribution in [0.25, 0.3) is 0 Å². The van der Waals surface area contributed by atoms with Crippen LogP contribution in [0.3, 0.4) is 0 Å². The Morgan fingerprint density at radius 2 is 2.40 bits per heavy atom. The van der Waals surface area contributed by atoms with E-state index in [1.807, 2.05) is 5.43 Å². The van der Waals surface area contributed by atoms with Gasteiger partial charge in [0.05, 0.1) is 4.88 Å². The first-order chi connectivity index (χ1) is 4.74. The second-order valence-electron chi connectivity index (χ2n) is 1.72. The first-order valence-corrected chi connectivity index (χ1v) is 3.47. The summed E-state index contributed by atoms with van der Waals surface area (Å²) in [5, 5.41) is 1.69. The summed E-state index contributed by atoms with van der Waals surface area (Å²) < 4.78 is 0. The van der Waals surface area contributed by atoms with Crippen molar-refractivity contribution in [1.82, 2.24) is 5.43 Å². The van der Waals surface area contributed by atoms with E-state index in [-0.39, 0.29) is 5.91 Å². The molecule has 0 aliphatic heterocycles. The number of hydrogen-bond acceptors (Lipinski definition) is 4. The van der Waals surface area contributed by atoms with E-state index < -0.39 is 0 Å². The highest BCUT2D eigenvalue weighted by Crippen LogP contribution is 2.15. The van der Waals surface area contributed by atoms with Crippen molar-refractivity contribution >= 4 is 22.9 Å². The van der Waals surface area contributed by atoms with Crippen LogP contribution >= 0.6 is 11.3 Å². The maximum atomic E-state index is 10.7. The second-order valence-corrected chi connectivity index (χ2v) is 2.63. The highest BCUT2D eigenvalue weighted by atomic mass is 32.1. The van der Waals surface area contributed by atoms with Gasteiger partial charge in [0.1, 0.15) is 0 Å². The molecule has 1 amide bonds. The minimum Gasteiger partial charge on any atom is -0.398 e. The molecule has 1 heterocycles. The number of carbonyl (C=O) groups is 1. The van der Waals surface area contributed by atoms with E-state index in [0.29, 0.717) is 10.6 Å². The summed E-state index contributed by atoms with van der Waals surface area (Å²) in [5.41, 5.74) is 7.96. The summed E-state index contributed by atoms with van der Waals surface area (Å²) >= 11 is 1.27. The molecule has 10 heavy (non-hydrogen) atoms. The third-order valence-electron chi connectivity index (χ3n) is 0.975. The van der Waals surface area contributed by atoms with Crippen molar-refractivity contribution in [1.29, 1.82) is 0 Å². The zero-order valence-electron chi connectivity index (χ0n) is 5.13. The highest BCUT2D eigenvalue weighted by molar-refractivity contribution is 7.12. The van der Waals surface area contributed by atoms with Crippen LogP contribution in [0.15, 0.2) is 11.4 Å². The van der Waals surface area contributed by atoms with E-state index in [2.05, 4.69) is 0 Å². The second kappa shape index (κ2) is 2.68. The number of anilines is 1. The monoisotopic (exact) mass is 157 g/mol. The summed E-state index contributed by atoms with van der Waals surface area (Å²) in [7, 11) is 0. The van der Waals surface area contributed by atoms with Crippen LogP contribution in [0.2, 0.25) is 0 Å². The number of carbonyl (C=O) groups excluding carboxylic acids is 1. The Morgan fingerprint density at radius 1 is 1.70 bits per heavy atom. The predicted octanol–water partition coefficient (Wildman–Crippen LogP) is -0.0662. The van der Waals surface area contributed by atoms with E-state index in [1.165, 1.54) is 11.3 Å². The average molecular weight is 157 g/mol. The van der Waals surface area contributed by atoms with Gasteiger partial charge in [-0.15, -0.1) is 11.3 Å². The van der Waals surface area contributed by atoms with Gasteiger partial charge in [-0.2, -0.15) is 0 Å². The predicted molar refractivity (Wildman–Crippen MR) is 40.4 cm³/mol. The summed E-state index contributed by atoms with van der Waals surface area (Å²) in [4.78, 5) is 11.3. The molecule has 0 spiro atoms. The van der Waals surface area contributed by atoms with E-state index in [0.717, 1.165) is 0 Å². The SMILES string of the molecule is NNC(=O)c1cc(N)cs1. The molecule has 5 heteroatoms. The van der Waals surface area contributed by atoms with Gasteiger partial charge >= 0.3 is 0 Å². The molecule has 0 radical (unpaired) electrons. The van der Waals surface area contributed by atoms with Gasteiger partial charge in [0.2, 0.25) is 0 Å². The Kier molecular flexibility index (Phi) is 1.88. The number of nitrogens with one attached hydrogen (secondary N) is 1. The lowest BCUT2D eigenvalue weighted by Gasteiger charge is -1.90. The Morgan fingerprint density at radius 3 is 2.80 bits per heavy atom. The molecule has 1 rings (SSSR count). The fourth-order valence-corrected chi connectivity index (χ4v) is 1.24. The van der Waals surface area contributed by atoms with Gasteiger partial charge in [0.15, 0.2) is 0 Å². The van der Waals surface area contributed by atoms with Gasteiger partial charge in [-0.05, 0) is 6.07 Å². The third kappa shape index (κ3) is 1.26. The molecule has 0 saturated heterocycles. The van der Waals surface area contributed by atoms with Crippen LogP contribution in [0, 0.1) is 0 Å². The molecule has 54 valence electrons. The first kappa shape index (κ1) is 7.04. The van der Waals surface area contributed by atoms with Crippen molar-refractivity contribution in [2.75, 3.05) is 5.73 Å². The molecule has 0 fully saturated rings. The zero-order chi connectivity index (χ0) is 7.56. The Balaban J connectivity index is 2.85. The van der Waals surface area contributed by atoms with Gasteiger partial charge in [0, 0.05) is 11.1 Å². The van der Waals surface area contributed by atoms with Gasteiger partial charge in [0.25, 0.3) is 5.91 Å². The number of nitrogens with two attached hydrogens (primary N) is 2. The van der Waals surface area contributed by atoms with Crippen molar-refractivity contribution in [2.24, 2.45) is 5.84 Å². The van der Waals surface area contributed by atoms with Gasteiger partial charge in [-0.25, -0.2) is 5.84 Å². The summed E-state index contributed by atoms with van der Waals surface area (Å²) in [5.74, 6) is 4.58. The van der Waals surface area contributed by atoms with E-state index in [1.54, 1.807) is 11.4 Å². The minimum atomic E-state index is -0.304. The molecule has 1 aromatic heterocycles. The number of hydrazine groups is 1. The maximum Gasteiger partial charge on any atom is 0.275 e. The van der Waals surface area contributed by atoms with Gasteiger partial charge in [-0.3, -0.25) is 10.2 Å². The summed E-state index contributed by atoms with van der Waals surface area (Å²) in [6.45, 7) is 0. The smallest absolute Gasteiger partial charge is 0.275 e. The first-order valence-electron chi connectivity index (χ1n) is 2.59. The Hall–Kier alpha value is -1.07. The lowest BCUT2D eigenvalue weighted by Crippen LogP contribution is -2.29. The molecular formula is C5H7N3OS. The quantitative estimate of drug-likeness (QED) is 0.303. The Bertz CT molecular complexity index is 245. The molecule has 1 aromatic rings. The van der Waals surface area contributed by atoms with Crippen LogP contribution in [0.5, 0.6) is 0 Å². The van der Waals surface area contributed by atoms with E-state index in [4.69, 9.17) is 11.6 Å². The number of rotatable bonds is 1. The molecule has 0 aliphatic rings. The van der Waals surface area contributed by atoms with E-state index >= 15 is 0 Å². The summed E-state index contributed by atoms with van der Waals surface area (Å²) in [6, 6.07) is 1.58. The molecule has 4 nitrogen and oxygen atoms in total. The normalized spacial score (nSPS) is 9.30. The molecule has 0 aliphatic carbocycles. The average Bonchev–Trinajstić information content (AvgIpc) is 2.34. The number of nitrogen functional groups attached to an aromatic ring is 2. The van der Waals surface area contributed by atoms with Crippen LogP contribution in [-0.4, -0.2) is 5.91 Å². The standard InChI is InChI=1S/C5H7N3OS/c6-3-1-4(10-2-3)5(9)8-7/h1-2H,6-7H2,(H,8,9). The molecule has 0 bridgehead atoms. The van der Waals surface area contributed by atoms with Crippen LogP contribution in [0.1, 0.15) is 9.67 Å². The molecule has 5 N–H and O–H groups in total. The van der Waals surface area contributed by atoms with Crippen molar-refractivity contribution in [3.05, 3.63) is 16.3 Å². The summed E-state index contributed by atoms with van der Waals surface area (Å²) in [6.07, 6.45) is 0. The lowest BCUT2D eigenvalue weighted by molar-refractivity contribution is 0.0957. The van der Waals surface area contributed by atoms with Crippen LogP contribution in [0.4, 0.5) is 5.69 Å². The molecule has 0 atom stereocenters. The fraction of sp³-hybridized carbons (Fsp3) is 0. The van der Waals surface area contributed by atoms with Crippen molar-refractivity contribution in [3.8, 4) is 0 Å².